The number of halogens is 1. The Balaban J connectivity index is 1.38. The number of rotatable bonds is 7. The van der Waals surface area contributed by atoms with Crippen molar-refractivity contribution >= 4 is 44.3 Å². The van der Waals surface area contributed by atoms with Crippen LogP contribution in [0.4, 0.5) is 5.69 Å². The van der Waals surface area contributed by atoms with E-state index in [-0.39, 0.29) is 30.4 Å². The predicted octanol–water partition coefficient (Wildman–Crippen LogP) is 2.18. The molecule has 2 aromatic heterocycles. The molecule has 1 aliphatic rings. The zero-order valence-electron chi connectivity index (χ0n) is 18.2. The van der Waals surface area contributed by atoms with Crippen LogP contribution in [0.25, 0.3) is 11.0 Å². The van der Waals surface area contributed by atoms with Crippen LogP contribution in [0.15, 0.2) is 41.6 Å². The molecule has 0 bridgehead atoms. The van der Waals surface area contributed by atoms with Gasteiger partial charge in [0.15, 0.2) is 0 Å². The SMILES string of the molecule is COc1cc(OC)c(NC(=O)CN2CCN(S(=O)(=O)c3c[nH]c4ncccc34)CC2)cc1Cl. The molecule has 1 amide bonds. The quantitative estimate of drug-likeness (QED) is 0.518. The van der Waals surface area contributed by atoms with E-state index in [1.54, 1.807) is 30.5 Å². The van der Waals surface area contributed by atoms with E-state index in [2.05, 4.69) is 15.3 Å². The van der Waals surface area contributed by atoms with Gasteiger partial charge in [0.05, 0.1) is 31.5 Å². The number of carbonyl (C=O) groups excluding carboxylic acids is 1. The number of nitrogens with zero attached hydrogens (tertiary/aromatic N) is 3. The van der Waals surface area contributed by atoms with E-state index < -0.39 is 10.0 Å². The van der Waals surface area contributed by atoms with Crippen molar-refractivity contribution in [2.45, 2.75) is 4.90 Å². The Bertz CT molecular complexity index is 1270. The van der Waals surface area contributed by atoms with Crippen molar-refractivity contribution < 1.29 is 22.7 Å². The second-order valence-electron chi connectivity index (χ2n) is 7.47. The highest BCUT2D eigenvalue weighted by atomic mass is 35.5. The summed E-state index contributed by atoms with van der Waals surface area (Å²) in [7, 11) is -0.692. The van der Waals surface area contributed by atoms with Gasteiger partial charge in [0.1, 0.15) is 22.0 Å². The normalized spacial score (nSPS) is 15.5. The molecule has 2 N–H and O–H groups in total. The van der Waals surface area contributed by atoms with Crippen LogP contribution in [0.1, 0.15) is 0 Å². The number of piperazine rings is 1. The topological polar surface area (TPSA) is 117 Å². The first-order chi connectivity index (χ1) is 15.8. The number of aromatic amines is 1. The predicted molar refractivity (Wildman–Crippen MR) is 124 cm³/mol. The zero-order valence-corrected chi connectivity index (χ0v) is 19.7. The van der Waals surface area contributed by atoms with Crippen molar-refractivity contribution in [1.82, 2.24) is 19.2 Å². The second-order valence-corrected chi connectivity index (χ2v) is 9.78. The van der Waals surface area contributed by atoms with Crippen LogP contribution >= 0.6 is 11.6 Å². The number of carbonyl (C=O) groups is 1. The number of sulfonamides is 1. The number of H-pyrrole nitrogens is 1. The Hall–Kier alpha value is -2.86. The van der Waals surface area contributed by atoms with Gasteiger partial charge in [-0.15, -0.1) is 0 Å². The van der Waals surface area contributed by atoms with Gasteiger partial charge in [-0.05, 0) is 18.2 Å². The van der Waals surface area contributed by atoms with E-state index in [4.69, 9.17) is 21.1 Å². The summed E-state index contributed by atoms with van der Waals surface area (Å²) in [6.45, 7) is 1.51. The molecule has 33 heavy (non-hydrogen) atoms. The molecule has 1 aromatic carbocycles. The van der Waals surface area contributed by atoms with Crippen LogP contribution in [0.5, 0.6) is 11.5 Å². The van der Waals surface area contributed by atoms with Crippen LogP contribution < -0.4 is 14.8 Å². The summed E-state index contributed by atoms with van der Waals surface area (Å²) in [5.41, 5.74) is 0.961. The fourth-order valence-corrected chi connectivity index (χ4v) is 5.58. The van der Waals surface area contributed by atoms with Gasteiger partial charge in [0.2, 0.25) is 15.9 Å². The highest BCUT2D eigenvalue weighted by Gasteiger charge is 2.31. The molecule has 4 rings (SSSR count). The maximum Gasteiger partial charge on any atom is 0.245 e. The molecule has 0 spiro atoms. The second kappa shape index (κ2) is 9.56. The smallest absolute Gasteiger partial charge is 0.245 e. The number of amides is 1. The van der Waals surface area contributed by atoms with Gasteiger partial charge >= 0.3 is 0 Å². The maximum absolute atomic E-state index is 13.1. The standard InChI is InChI=1S/C21H24ClN5O5S/c1-31-17-11-18(32-2)16(10-15(17)22)25-20(28)13-26-6-8-27(9-7-26)33(29,30)19-12-24-21-14(19)4-3-5-23-21/h3-5,10-12H,6-9,13H2,1-2H3,(H,23,24)(H,25,28). The number of pyridine rings is 1. The van der Waals surface area contributed by atoms with Crippen molar-refractivity contribution in [3.05, 3.63) is 41.7 Å². The first kappa shape index (κ1) is 23.3. The average molecular weight is 494 g/mol. The third-order valence-corrected chi connectivity index (χ3v) is 7.71. The monoisotopic (exact) mass is 493 g/mol. The van der Waals surface area contributed by atoms with Crippen LogP contribution in [-0.2, 0) is 14.8 Å². The number of nitrogens with one attached hydrogen (secondary N) is 2. The van der Waals surface area contributed by atoms with Crippen molar-refractivity contribution in [3.63, 3.8) is 0 Å². The van der Waals surface area contributed by atoms with Crippen molar-refractivity contribution in [2.75, 3.05) is 52.3 Å². The van der Waals surface area contributed by atoms with Crippen LogP contribution in [0.3, 0.4) is 0 Å². The highest BCUT2D eigenvalue weighted by molar-refractivity contribution is 7.89. The Kier molecular flexibility index (Phi) is 6.75. The lowest BCUT2D eigenvalue weighted by Gasteiger charge is -2.33. The molecule has 0 atom stereocenters. The first-order valence-electron chi connectivity index (χ1n) is 10.2. The number of benzene rings is 1. The fourth-order valence-electron chi connectivity index (χ4n) is 3.76. The van der Waals surface area contributed by atoms with Gasteiger partial charge in [-0.2, -0.15) is 4.31 Å². The Morgan fingerprint density at radius 2 is 1.91 bits per heavy atom. The minimum Gasteiger partial charge on any atom is -0.495 e. The summed E-state index contributed by atoms with van der Waals surface area (Å²) in [4.78, 5) is 21.8. The minimum atomic E-state index is -3.67. The number of anilines is 1. The van der Waals surface area contributed by atoms with Crippen LogP contribution in [0, 0.1) is 0 Å². The third-order valence-electron chi connectivity index (χ3n) is 5.48. The Morgan fingerprint density at radius 3 is 2.61 bits per heavy atom. The number of aromatic nitrogens is 2. The average Bonchev–Trinajstić information content (AvgIpc) is 3.25. The summed E-state index contributed by atoms with van der Waals surface area (Å²) in [5.74, 6) is 0.608. The number of hydrogen-bond acceptors (Lipinski definition) is 7. The van der Waals surface area contributed by atoms with Gasteiger partial charge in [0.25, 0.3) is 0 Å². The molecule has 0 radical (unpaired) electrons. The molecule has 3 aromatic rings. The molecule has 0 aliphatic carbocycles. The molecule has 3 heterocycles. The van der Waals surface area contributed by atoms with E-state index in [1.807, 2.05) is 4.90 Å². The maximum atomic E-state index is 13.1. The van der Waals surface area contributed by atoms with Crippen molar-refractivity contribution in [3.8, 4) is 11.5 Å². The lowest BCUT2D eigenvalue weighted by atomic mass is 10.2. The number of methoxy groups -OCH3 is 2. The van der Waals surface area contributed by atoms with E-state index in [0.717, 1.165) is 0 Å². The van der Waals surface area contributed by atoms with E-state index in [1.165, 1.54) is 24.7 Å². The van der Waals surface area contributed by atoms with Crippen molar-refractivity contribution in [2.24, 2.45) is 0 Å². The van der Waals surface area contributed by atoms with Gasteiger partial charge in [-0.25, -0.2) is 13.4 Å². The lowest BCUT2D eigenvalue weighted by Crippen LogP contribution is -2.50. The first-order valence-corrected chi connectivity index (χ1v) is 12.0. The van der Waals surface area contributed by atoms with E-state index in [9.17, 15) is 13.2 Å². The van der Waals surface area contributed by atoms with Crippen LogP contribution in [0.2, 0.25) is 5.02 Å². The summed E-state index contributed by atoms with van der Waals surface area (Å²) >= 11 is 6.16. The minimum absolute atomic E-state index is 0.109. The molecule has 1 saturated heterocycles. The molecule has 10 nitrogen and oxygen atoms in total. The van der Waals surface area contributed by atoms with Gasteiger partial charge in [0, 0.05) is 50.0 Å². The fraction of sp³-hybridized carbons (Fsp3) is 0.333. The molecule has 0 saturated carbocycles. The van der Waals surface area contributed by atoms with Crippen LogP contribution in [-0.4, -0.2) is 80.4 Å². The molecule has 176 valence electrons. The Labute approximate surface area is 196 Å². The number of ether oxygens (including phenoxy) is 2. The molecule has 0 unspecified atom stereocenters. The molecular formula is C21H24ClN5O5S. The highest BCUT2D eigenvalue weighted by Crippen LogP contribution is 2.35. The molecule has 1 aliphatic heterocycles. The number of fused-ring (bicyclic) bond motifs is 1. The van der Waals surface area contributed by atoms with Gasteiger partial charge in [-0.3, -0.25) is 9.69 Å². The summed E-state index contributed by atoms with van der Waals surface area (Å²) in [6, 6.07) is 6.60. The van der Waals surface area contributed by atoms with Gasteiger partial charge in [-0.1, -0.05) is 11.6 Å². The molecule has 12 heteroatoms. The molecule has 1 fully saturated rings. The summed E-state index contributed by atoms with van der Waals surface area (Å²) < 4.78 is 38.2. The summed E-state index contributed by atoms with van der Waals surface area (Å²) in [6.07, 6.45) is 3.08. The lowest BCUT2D eigenvalue weighted by molar-refractivity contribution is -0.117. The van der Waals surface area contributed by atoms with E-state index in [0.29, 0.717) is 46.3 Å². The van der Waals surface area contributed by atoms with Crippen molar-refractivity contribution in [1.29, 1.82) is 0 Å². The third kappa shape index (κ3) is 4.76. The summed E-state index contributed by atoms with van der Waals surface area (Å²) in [5, 5.41) is 3.70. The Morgan fingerprint density at radius 1 is 1.18 bits per heavy atom. The zero-order chi connectivity index (χ0) is 23.6. The largest absolute Gasteiger partial charge is 0.495 e. The number of hydrogen-bond donors (Lipinski definition) is 2. The van der Waals surface area contributed by atoms with E-state index >= 15 is 0 Å². The molecular weight excluding hydrogens is 470 g/mol. The van der Waals surface area contributed by atoms with Gasteiger partial charge < -0.3 is 19.8 Å².